The third-order valence-electron chi connectivity index (χ3n) is 5.04. The standard InChI is InChI=1S/C20H25F2N5O/c1-12-13(2)24-18(20(28)26(3)4)25-19(12)27-8-7-16(11-27)23-10-14-9-15(21)5-6-17(14)22/h5-6,9,16,23H,7-8,10-11H2,1-4H3/t16-/m1/s1. The molecule has 0 saturated carbocycles. The summed E-state index contributed by atoms with van der Waals surface area (Å²) in [6.07, 6.45) is 0.844. The first-order valence-corrected chi connectivity index (χ1v) is 9.25. The van der Waals surface area contributed by atoms with Crippen molar-refractivity contribution in [3.63, 3.8) is 0 Å². The molecule has 1 aromatic heterocycles. The lowest BCUT2D eigenvalue weighted by molar-refractivity contribution is 0.0815. The zero-order valence-electron chi connectivity index (χ0n) is 16.6. The second-order valence-corrected chi connectivity index (χ2v) is 7.33. The molecule has 0 radical (unpaired) electrons. The summed E-state index contributed by atoms with van der Waals surface area (Å²) < 4.78 is 27.1. The zero-order valence-corrected chi connectivity index (χ0v) is 16.6. The second kappa shape index (κ2) is 8.18. The molecule has 1 aliphatic rings. The van der Waals surface area contributed by atoms with Crippen molar-refractivity contribution in [3.05, 3.63) is 52.5 Å². The molecule has 3 rings (SSSR count). The number of rotatable bonds is 5. The average Bonchev–Trinajstić information content (AvgIpc) is 3.12. The summed E-state index contributed by atoms with van der Waals surface area (Å²) in [7, 11) is 3.34. The van der Waals surface area contributed by atoms with Gasteiger partial charge in [0.05, 0.1) is 0 Å². The monoisotopic (exact) mass is 389 g/mol. The Labute approximate surface area is 163 Å². The van der Waals surface area contributed by atoms with E-state index in [1.165, 1.54) is 11.0 Å². The van der Waals surface area contributed by atoms with Crippen LogP contribution < -0.4 is 10.2 Å². The number of nitrogens with one attached hydrogen (secondary N) is 1. The van der Waals surface area contributed by atoms with Crippen LogP contribution in [0.5, 0.6) is 0 Å². The molecule has 0 unspecified atom stereocenters. The van der Waals surface area contributed by atoms with Crippen LogP contribution in [-0.4, -0.2) is 54.0 Å². The Morgan fingerprint density at radius 2 is 2.04 bits per heavy atom. The van der Waals surface area contributed by atoms with E-state index < -0.39 is 11.6 Å². The molecule has 0 bridgehead atoms. The van der Waals surface area contributed by atoms with Crippen LogP contribution in [0.15, 0.2) is 18.2 Å². The van der Waals surface area contributed by atoms with Gasteiger partial charge >= 0.3 is 0 Å². The minimum atomic E-state index is -0.448. The Balaban J connectivity index is 1.71. The van der Waals surface area contributed by atoms with E-state index in [0.29, 0.717) is 12.1 Å². The van der Waals surface area contributed by atoms with Crippen LogP contribution in [0.2, 0.25) is 0 Å². The number of halogens is 2. The van der Waals surface area contributed by atoms with Gasteiger partial charge in [0, 0.05) is 56.6 Å². The minimum absolute atomic E-state index is 0.116. The van der Waals surface area contributed by atoms with Crippen molar-refractivity contribution in [3.8, 4) is 0 Å². The maximum absolute atomic E-state index is 13.8. The largest absolute Gasteiger partial charge is 0.355 e. The van der Waals surface area contributed by atoms with Gasteiger partial charge < -0.3 is 15.1 Å². The highest BCUT2D eigenvalue weighted by atomic mass is 19.1. The third-order valence-corrected chi connectivity index (χ3v) is 5.04. The summed E-state index contributed by atoms with van der Waals surface area (Å²) in [5, 5.41) is 3.29. The number of hydrogen-bond donors (Lipinski definition) is 1. The third kappa shape index (κ3) is 4.27. The molecule has 1 aliphatic heterocycles. The van der Waals surface area contributed by atoms with Crippen LogP contribution in [-0.2, 0) is 6.54 Å². The van der Waals surface area contributed by atoms with Gasteiger partial charge in [0.15, 0.2) is 0 Å². The number of aromatic nitrogens is 2. The fraction of sp³-hybridized carbons (Fsp3) is 0.450. The van der Waals surface area contributed by atoms with E-state index in [1.807, 2.05) is 13.8 Å². The second-order valence-electron chi connectivity index (χ2n) is 7.33. The van der Waals surface area contributed by atoms with Crippen molar-refractivity contribution in [1.29, 1.82) is 0 Å². The predicted octanol–water partition coefficient (Wildman–Crippen LogP) is 2.44. The number of anilines is 1. The van der Waals surface area contributed by atoms with Gasteiger partial charge in [-0.15, -0.1) is 0 Å². The van der Waals surface area contributed by atoms with Crippen molar-refractivity contribution in [2.24, 2.45) is 0 Å². The average molecular weight is 389 g/mol. The van der Waals surface area contributed by atoms with Crippen molar-refractivity contribution < 1.29 is 13.6 Å². The van der Waals surface area contributed by atoms with Gasteiger partial charge in [-0.1, -0.05) is 0 Å². The maximum atomic E-state index is 13.8. The first-order chi connectivity index (χ1) is 13.3. The van der Waals surface area contributed by atoms with Gasteiger partial charge in [0.2, 0.25) is 5.82 Å². The molecular formula is C20H25F2N5O. The molecule has 150 valence electrons. The highest BCUT2D eigenvalue weighted by molar-refractivity contribution is 5.90. The highest BCUT2D eigenvalue weighted by Gasteiger charge is 2.26. The fourth-order valence-electron chi connectivity index (χ4n) is 3.27. The lowest BCUT2D eigenvalue weighted by Gasteiger charge is -2.22. The summed E-state index contributed by atoms with van der Waals surface area (Å²) in [5.74, 6) is -0.172. The fourth-order valence-corrected chi connectivity index (χ4v) is 3.27. The molecule has 2 aromatic rings. The van der Waals surface area contributed by atoms with E-state index in [0.717, 1.165) is 42.2 Å². The SMILES string of the molecule is Cc1nc(C(=O)N(C)C)nc(N2CC[C@@H](NCc3cc(F)ccc3F)C2)c1C. The number of nitrogens with zero attached hydrogens (tertiary/aromatic N) is 4. The number of aryl methyl sites for hydroxylation is 1. The van der Waals surface area contributed by atoms with Crippen LogP contribution in [0.1, 0.15) is 33.9 Å². The number of carbonyl (C=O) groups is 1. The van der Waals surface area contributed by atoms with Gasteiger partial charge in [0.1, 0.15) is 17.5 Å². The van der Waals surface area contributed by atoms with Crippen LogP contribution in [0.25, 0.3) is 0 Å². The van der Waals surface area contributed by atoms with Gasteiger partial charge in [-0.3, -0.25) is 4.79 Å². The lowest BCUT2D eigenvalue weighted by atomic mass is 10.2. The quantitative estimate of drug-likeness (QED) is 0.851. The first-order valence-electron chi connectivity index (χ1n) is 9.25. The van der Waals surface area contributed by atoms with Gasteiger partial charge in [-0.25, -0.2) is 18.7 Å². The zero-order chi connectivity index (χ0) is 20.4. The molecule has 2 heterocycles. The molecule has 28 heavy (non-hydrogen) atoms. The lowest BCUT2D eigenvalue weighted by Crippen LogP contribution is -2.33. The van der Waals surface area contributed by atoms with Crippen molar-refractivity contribution in [1.82, 2.24) is 20.2 Å². The normalized spacial score (nSPS) is 16.5. The Hall–Kier alpha value is -2.61. The smallest absolute Gasteiger partial charge is 0.291 e. The summed E-state index contributed by atoms with van der Waals surface area (Å²) in [5.41, 5.74) is 2.02. The molecule has 8 heteroatoms. The summed E-state index contributed by atoms with van der Waals surface area (Å²) in [4.78, 5) is 24.6. The Bertz CT molecular complexity index is 887. The van der Waals surface area contributed by atoms with E-state index in [2.05, 4.69) is 20.2 Å². The Morgan fingerprint density at radius 3 is 2.75 bits per heavy atom. The van der Waals surface area contributed by atoms with Gasteiger partial charge in [-0.05, 0) is 38.5 Å². The van der Waals surface area contributed by atoms with Crippen LogP contribution >= 0.6 is 0 Å². The van der Waals surface area contributed by atoms with Crippen LogP contribution in [0.4, 0.5) is 14.6 Å². The summed E-state index contributed by atoms with van der Waals surface area (Å²) >= 11 is 0. The molecule has 6 nitrogen and oxygen atoms in total. The van der Waals surface area contributed by atoms with Crippen LogP contribution in [0, 0.1) is 25.5 Å². The summed E-state index contributed by atoms with van der Waals surface area (Å²) in [6, 6.07) is 3.59. The summed E-state index contributed by atoms with van der Waals surface area (Å²) in [6.45, 7) is 5.50. The van der Waals surface area contributed by atoms with E-state index >= 15 is 0 Å². The topological polar surface area (TPSA) is 61.4 Å². The molecule has 1 amide bonds. The van der Waals surface area contributed by atoms with Crippen molar-refractivity contribution in [2.45, 2.75) is 32.9 Å². The molecule has 0 spiro atoms. The first kappa shape index (κ1) is 20.1. The van der Waals surface area contributed by atoms with Crippen LogP contribution in [0.3, 0.4) is 0 Å². The number of carbonyl (C=O) groups excluding carboxylic acids is 1. The van der Waals surface area contributed by atoms with Crippen molar-refractivity contribution in [2.75, 3.05) is 32.1 Å². The highest BCUT2D eigenvalue weighted by Crippen LogP contribution is 2.24. The van der Waals surface area contributed by atoms with Gasteiger partial charge in [0.25, 0.3) is 5.91 Å². The van der Waals surface area contributed by atoms with E-state index in [4.69, 9.17) is 0 Å². The molecule has 1 atom stereocenters. The van der Waals surface area contributed by atoms with Gasteiger partial charge in [-0.2, -0.15) is 0 Å². The van der Waals surface area contributed by atoms with Crippen molar-refractivity contribution >= 4 is 11.7 Å². The number of hydrogen-bond acceptors (Lipinski definition) is 5. The molecule has 0 aliphatic carbocycles. The Kier molecular flexibility index (Phi) is 5.88. The molecule has 1 saturated heterocycles. The molecule has 1 N–H and O–H groups in total. The number of benzene rings is 1. The van der Waals surface area contributed by atoms with E-state index in [9.17, 15) is 13.6 Å². The van der Waals surface area contributed by atoms with E-state index in [-0.39, 0.29) is 24.3 Å². The van der Waals surface area contributed by atoms with E-state index in [1.54, 1.807) is 14.1 Å². The Morgan fingerprint density at radius 1 is 1.29 bits per heavy atom. The minimum Gasteiger partial charge on any atom is -0.355 e. The predicted molar refractivity (Wildman–Crippen MR) is 103 cm³/mol. The molecular weight excluding hydrogens is 364 g/mol. The number of amides is 1. The molecule has 1 aromatic carbocycles. The molecule has 1 fully saturated rings. The maximum Gasteiger partial charge on any atom is 0.291 e.